The number of nitrogens with one attached hydrogen (secondary N) is 1. The minimum Gasteiger partial charge on any atom is -0.338 e. The van der Waals surface area contributed by atoms with Crippen LogP contribution in [0.4, 0.5) is 0 Å². The van der Waals surface area contributed by atoms with Crippen molar-refractivity contribution in [2.24, 2.45) is 0 Å². The third kappa shape index (κ3) is 4.09. The molecule has 1 aromatic heterocycles. The second-order valence-corrected chi connectivity index (χ2v) is 5.62. The fraction of sp³-hybridized carbons (Fsp3) is 0.857. The van der Waals surface area contributed by atoms with E-state index in [1.165, 1.54) is 44.9 Å². The van der Waals surface area contributed by atoms with Crippen LogP contribution in [0.15, 0.2) is 4.52 Å². The van der Waals surface area contributed by atoms with Gasteiger partial charge in [-0.15, -0.1) is 0 Å². The van der Waals surface area contributed by atoms with Gasteiger partial charge >= 0.3 is 0 Å². The van der Waals surface area contributed by atoms with E-state index in [1.54, 1.807) is 0 Å². The lowest BCUT2D eigenvalue weighted by molar-refractivity contribution is 0.349. The third-order valence-corrected chi connectivity index (χ3v) is 3.62. The summed E-state index contributed by atoms with van der Waals surface area (Å²) in [6.07, 6.45) is 9.15. The molecule has 0 amide bonds. The highest BCUT2D eigenvalue weighted by atomic mass is 16.5. The van der Waals surface area contributed by atoms with Crippen LogP contribution in [0.2, 0.25) is 0 Å². The number of rotatable bonds is 4. The molecular weight excluding hydrogens is 226 g/mol. The van der Waals surface area contributed by atoms with Crippen LogP contribution in [-0.2, 0) is 6.54 Å². The van der Waals surface area contributed by atoms with Gasteiger partial charge in [0.25, 0.3) is 0 Å². The molecule has 0 spiro atoms. The first-order valence-electron chi connectivity index (χ1n) is 7.31. The zero-order valence-corrected chi connectivity index (χ0v) is 11.6. The number of hydrogen-bond acceptors (Lipinski definition) is 4. The maximum Gasteiger partial charge on any atom is 0.240 e. The van der Waals surface area contributed by atoms with Crippen LogP contribution in [0, 0.1) is 0 Å². The standard InChI is InChI=1S/C14H25N3O/c1-11(2)15-10-13-16-14(17-18-13)12-8-6-4-3-5-7-9-12/h11-12,15H,3-10H2,1-2H3. The summed E-state index contributed by atoms with van der Waals surface area (Å²) in [5.41, 5.74) is 0. The molecule has 0 unspecified atom stereocenters. The molecule has 1 aromatic rings. The molecule has 0 saturated heterocycles. The average Bonchev–Trinajstić information content (AvgIpc) is 2.74. The molecule has 0 bridgehead atoms. The minimum absolute atomic E-state index is 0.446. The summed E-state index contributed by atoms with van der Waals surface area (Å²) in [6.45, 7) is 4.91. The van der Waals surface area contributed by atoms with Crippen molar-refractivity contribution in [3.8, 4) is 0 Å². The lowest BCUT2D eigenvalue weighted by Crippen LogP contribution is -2.22. The molecule has 102 valence electrons. The van der Waals surface area contributed by atoms with E-state index in [2.05, 4.69) is 29.3 Å². The van der Waals surface area contributed by atoms with Crippen LogP contribution >= 0.6 is 0 Å². The second-order valence-electron chi connectivity index (χ2n) is 5.62. The first-order valence-corrected chi connectivity index (χ1v) is 7.31. The Morgan fingerprint density at radius 3 is 2.50 bits per heavy atom. The number of aromatic nitrogens is 2. The Hall–Kier alpha value is -0.900. The monoisotopic (exact) mass is 251 g/mol. The van der Waals surface area contributed by atoms with Crippen LogP contribution in [0.5, 0.6) is 0 Å². The van der Waals surface area contributed by atoms with Gasteiger partial charge in [-0.1, -0.05) is 51.1 Å². The predicted molar refractivity (Wildman–Crippen MR) is 71.3 cm³/mol. The molecule has 4 nitrogen and oxygen atoms in total. The molecule has 1 saturated carbocycles. The van der Waals surface area contributed by atoms with Crippen molar-refractivity contribution in [3.05, 3.63) is 11.7 Å². The van der Waals surface area contributed by atoms with Crippen molar-refractivity contribution >= 4 is 0 Å². The molecule has 1 N–H and O–H groups in total. The molecule has 1 aliphatic rings. The van der Waals surface area contributed by atoms with E-state index in [4.69, 9.17) is 4.52 Å². The predicted octanol–water partition coefficient (Wildman–Crippen LogP) is 3.40. The van der Waals surface area contributed by atoms with Crippen molar-refractivity contribution in [2.45, 2.75) is 77.3 Å². The fourth-order valence-electron chi connectivity index (χ4n) is 2.51. The second kappa shape index (κ2) is 6.88. The van der Waals surface area contributed by atoms with E-state index >= 15 is 0 Å². The van der Waals surface area contributed by atoms with Crippen molar-refractivity contribution in [1.29, 1.82) is 0 Å². The van der Waals surface area contributed by atoms with Gasteiger partial charge in [-0.3, -0.25) is 0 Å². The Morgan fingerprint density at radius 1 is 1.17 bits per heavy atom. The van der Waals surface area contributed by atoms with Gasteiger partial charge in [0, 0.05) is 12.0 Å². The van der Waals surface area contributed by atoms with Gasteiger partial charge in [-0.25, -0.2) is 0 Å². The Kier molecular flexibility index (Phi) is 5.17. The number of hydrogen-bond donors (Lipinski definition) is 1. The highest BCUT2D eigenvalue weighted by molar-refractivity contribution is 4.96. The highest BCUT2D eigenvalue weighted by Crippen LogP contribution is 2.29. The van der Waals surface area contributed by atoms with Gasteiger partial charge < -0.3 is 9.84 Å². The summed E-state index contributed by atoms with van der Waals surface area (Å²) < 4.78 is 5.32. The van der Waals surface area contributed by atoms with Gasteiger partial charge in [-0.2, -0.15) is 4.98 Å². The van der Waals surface area contributed by atoms with E-state index in [9.17, 15) is 0 Å². The molecule has 0 atom stereocenters. The lowest BCUT2D eigenvalue weighted by Gasteiger charge is -2.15. The van der Waals surface area contributed by atoms with Gasteiger partial charge in [0.05, 0.1) is 6.54 Å². The quantitative estimate of drug-likeness (QED) is 0.891. The van der Waals surface area contributed by atoms with E-state index in [0.717, 1.165) is 11.7 Å². The van der Waals surface area contributed by atoms with Crippen LogP contribution in [0.3, 0.4) is 0 Å². The Balaban J connectivity index is 1.90. The average molecular weight is 251 g/mol. The van der Waals surface area contributed by atoms with Gasteiger partial charge in [0.15, 0.2) is 5.82 Å². The zero-order chi connectivity index (χ0) is 12.8. The first kappa shape index (κ1) is 13.5. The van der Waals surface area contributed by atoms with Gasteiger partial charge in [0.2, 0.25) is 5.89 Å². The molecule has 1 heterocycles. The van der Waals surface area contributed by atoms with Crippen LogP contribution in [0.1, 0.15) is 76.4 Å². The minimum atomic E-state index is 0.446. The summed E-state index contributed by atoms with van der Waals surface area (Å²) in [4.78, 5) is 4.54. The Bertz CT molecular complexity index is 341. The third-order valence-electron chi connectivity index (χ3n) is 3.62. The fourth-order valence-corrected chi connectivity index (χ4v) is 2.51. The summed E-state index contributed by atoms with van der Waals surface area (Å²) in [7, 11) is 0. The summed E-state index contributed by atoms with van der Waals surface area (Å²) >= 11 is 0. The van der Waals surface area contributed by atoms with Crippen molar-refractivity contribution in [3.63, 3.8) is 0 Å². The van der Waals surface area contributed by atoms with E-state index in [0.29, 0.717) is 18.5 Å². The maximum absolute atomic E-state index is 5.32. The normalized spacial score (nSPS) is 18.8. The van der Waals surface area contributed by atoms with E-state index < -0.39 is 0 Å². The number of nitrogens with zero attached hydrogens (tertiary/aromatic N) is 2. The molecule has 1 fully saturated rings. The molecular formula is C14H25N3O. The molecule has 2 rings (SSSR count). The molecule has 4 heteroatoms. The van der Waals surface area contributed by atoms with Gasteiger partial charge in [-0.05, 0) is 12.8 Å². The van der Waals surface area contributed by atoms with Crippen molar-refractivity contribution < 1.29 is 4.52 Å². The smallest absolute Gasteiger partial charge is 0.240 e. The van der Waals surface area contributed by atoms with Crippen LogP contribution in [0.25, 0.3) is 0 Å². The molecule has 1 aliphatic carbocycles. The Morgan fingerprint density at radius 2 is 1.83 bits per heavy atom. The first-order chi connectivity index (χ1) is 8.75. The molecule has 0 radical (unpaired) electrons. The maximum atomic E-state index is 5.32. The van der Waals surface area contributed by atoms with Crippen molar-refractivity contribution in [1.82, 2.24) is 15.5 Å². The summed E-state index contributed by atoms with van der Waals surface area (Å²) in [5.74, 6) is 2.17. The molecule has 0 aliphatic heterocycles. The molecule has 0 aromatic carbocycles. The molecule has 18 heavy (non-hydrogen) atoms. The van der Waals surface area contributed by atoms with E-state index in [-0.39, 0.29) is 0 Å². The SMILES string of the molecule is CC(C)NCc1nc(C2CCCCCCC2)no1. The largest absolute Gasteiger partial charge is 0.338 e. The van der Waals surface area contributed by atoms with Crippen LogP contribution < -0.4 is 5.32 Å². The zero-order valence-electron chi connectivity index (χ0n) is 11.6. The van der Waals surface area contributed by atoms with E-state index in [1.807, 2.05) is 0 Å². The lowest BCUT2D eigenvalue weighted by atomic mass is 9.91. The highest BCUT2D eigenvalue weighted by Gasteiger charge is 2.19. The topological polar surface area (TPSA) is 51.0 Å². The van der Waals surface area contributed by atoms with Crippen molar-refractivity contribution in [2.75, 3.05) is 0 Å². The van der Waals surface area contributed by atoms with Gasteiger partial charge in [0.1, 0.15) is 0 Å². The Labute approximate surface area is 110 Å². The van der Waals surface area contributed by atoms with Crippen LogP contribution in [-0.4, -0.2) is 16.2 Å². The summed E-state index contributed by atoms with van der Waals surface area (Å²) in [6, 6.07) is 0.446. The summed E-state index contributed by atoms with van der Waals surface area (Å²) in [5, 5.41) is 7.47.